The van der Waals surface area contributed by atoms with Crippen LogP contribution in [0, 0.1) is 12.8 Å². The average Bonchev–Trinajstić information content (AvgIpc) is 2.27. The number of aryl methyl sites for hydroxylation is 2. The standard InChI is InChI=1S/C13H18.C2H6/c1-9-4-6-12-7-5-10(2)11(3)13(12)8-9;1-2/h4,6,8,10-11H,5,7H2,1-3H3;1-2H3. The van der Waals surface area contributed by atoms with Crippen LogP contribution in [-0.2, 0) is 6.42 Å². The van der Waals surface area contributed by atoms with Gasteiger partial charge in [-0.05, 0) is 42.7 Å². The molecular weight excluding hydrogens is 180 g/mol. The van der Waals surface area contributed by atoms with E-state index in [1.54, 1.807) is 11.1 Å². The number of fused-ring (bicyclic) bond motifs is 1. The van der Waals surface area contributed by atoms with Crippen molar-refractivity contribution >= 4 is 0 Å². The minimum Gasteiger partial charge on any atom is -0.0683 e. The zero-order chi connectivity index (χ0) is 11.4. The molecule has 0 aromatic heterocycles. The van der Waals surface area contributed by atoms with E-state index in [9.17, 15) is 0 Å². The Morgan fingerprint density at radius 3 is 2.47 bits per heavy atom. The Labute approximate surface area is 94.7 Å². The topological polar surface area (TPSA) is 0 Å². The van der Waals surface area contributed by atoms with Gasteiger partial charge in [0.2, 0.25) is 0 Å². The van der Waals surface area contributed by atoms with E-state index >= 15 is 0 Å². The molecule has 0 amide bonds. The molecule has 0 N–H and O–H groups in total. The minimum atomic E-state index is 0.753. The van der Waals surface area contributed by atoms with E-state index in [4.69, 9.17) is 0 Å². The van der Waals surface area contributed by atoms with E-state index in [1.165, 1.54) is 18.4 Å². The molecule has 1 aliphatic carbocycles. The lowest BCUT2D eigenvalue weighted by molar-refractivity contribution is 0.426. The second-order valence-electron chi connectivity index (χ2n) is 4.51. The summed E-state index contributed by atoms with van der Waals surface area (Å²) in [6, 6.07) is 6.92. The third kappa shape index (κ3) is 2.62. The Morgan fingerprint density at radius 1 is 1.13 bits per heavy atom. The first-order valence-electron chi connectivity index (χ1n) is 6.28. The van der Waals surface area contributed by atoms with Gasteiger partial charge in [-0.2, -0.15) is 0 Å². The van der Waals surface area contributed by atoms with Crippen LogP contribution in [0.5, 0.6) is 0 Å². The molecule has 84 valence electrons. The Hall–Kier alpha value is -0.780. The number of benzene rings is 1. The molecule has 0 fully saturated rings. The Kier molecular flexibility index (Phi) is 4.38. The van der Waals surface area contributed by atoms with Crippen LogP contribution >= 0.6 is 0 Å². The molecule has 0 nitrogen and oxygen atoms in total. The summed E-state index contributed by atoms with van der Waals surface area (Å²) in [6.07, 6.45) is 2.64. The quantitative estimate of drug-likeness (QED) is 0.574. The second kappa shape index (κ2) is 5.34. The lowest BCUT2D eigenvalue weighted by atomic mass is 9.77. The highest BCUT2D eigenvalue weighted by molar-refractivity contribution is 5.36. The highest BCUT2D eigenvalue weighted by Gasteiger charge is 2.22. The van der Waals surface area contributed by atoms with Gasteiger partial charge in [-0.1, -0.05) is 51.5 Å². The van der Waals surface area contributed by atoms with Gasteiger partial charge in [0.15, 0.2) is 0 Å². The molecule has 1 aromatic carbocycles. The first-order valence-corrected chi connectivity index (χ1v) is 6.28. The molecule has 1 aliphatic rings. The molecular formula is C15H24. The smallest absolute Gasteiger partial charge is 0.0162 e. The Morgan fingerprint density at radius 2 is 1.80 bits per heavy atom. The van der Waals surface area contributed by atoms with E-state index in [1.807, 2.05) is 13.8 Å². The van der Waals surface area contributed by atoms with Crippen LogP contribution in [0.1, 0.15) is 56.7 Å². The van der Waals surface area contributed by atoms with E-state index < -0.39 is 0 Å². The molecule has 1 aromatic rings. The Bertz CT molecular complexity index is 312. The van der Waals surface area contributed by atoms with Gasteiger partial charge in [0.1, 0.15) is 0 Å². The maximum Gasteiger partial charge on any atom is -0.0162 e. The molecule has 0 saturated carbocycles. The van der Waals surface area contributed by atoms with Crippen molar-refractivity contribution in [3.05, 3.63) is 34.9 Å². The minimum absolute atomic E-state index is 0.753. The van der Waals surface area contributed by atoms with Crippen LogP contribution in [0.25, 0.3) is 0 Å². The summed E-state index contributed by atoms with van der Waals surface area (Å²) in [6.45, 7) is 10.9. The van der Waals surface area contributed by atoms with Gasteiger partial charge < -0.3 is 0 Å². The predicted molar refractivity (Wildman–Crippen MR) is 68.4 cm³/mol. The maximum absolute atomic E-state index is 2.37. The van der Waals surface area contributed by atoms with Gasteiger partial charge in [0, 0.05) is 0 Å². The summed E-state index contributed by atoms with van der Waals surface area (Å²) in [5.74, 6) is 1.61. The molecule has 2 rings (SSSR count). The lowest BCUT2D eigenvalue weighted by Gasteiger charge is -2.28. The fourth-order valence-corrected chi connectivity index (χ4v) is 2.31. The van der Waals surface area contributed by atoms with Gasteiger partial charge in [-0.15, -0.1) is 0 Å². The van der Waals surface area contributed by atoms with Crippen LogP contribution in [-0.4, -0.2) is 0 Å². The summed E-state index contributed by atoms with van der Waals surface area (Å²) in [4.78, 5) is 0. The van der Waals surface area contributed by atoms with Crippen LogP contribution in [0.4, 0.5) is 0 Å². The second-order valence-corrected chi connectivity index (χ2v) is 4.51. The maximum atomic E-state index is 2.37. The van der Waals surface area contributed by atoms with Crippen LogP contribution in [0.15, 0.2) is 18.2 Å². The summed E-state index contributed by atoms with van der Waals surface area (Å²) in [7, 11) is 0. The molecule has 0 heterocycles. The summed E-state index contributed by atoms with van der Waals surface area (Å²) in [5.41, 5.74) is 4.58. The van der Waals surface area contributed by atoms with Crippen LogP contribution in [0.2, 0.25) is 0 Å². The van der Waals surface area contributed by atoms with Crippen LogP contribution < -0.4 is 0 Å². The zero-order valence-corrected chi connectivity index (χ0v) is 10.8. The van der Waals surface area contributed by atoms with E-state index in [0.29, 0.717) is 0 Å². The number of rotatable bonds is 0. The molecule has 2 unspecified atom stereocenters. The predicted octanol–water partition coefficient (Wildman–Crippen LogP) is 4.71. The summed E-state index contributed by atoms with van der Waals surface area (Å²) in [5, 5.41) is 0. The first kappa shape index (κ1) is 12.3. The van der Waals surface area contributed by atoms with Crippen molar-refractivity contribution in [2.24, 2.45) is 5.92 Å². The largest absolute Gasteiger partial charge is 0.0683 e. The first-order chi connectivity index (χ1) is 7.18. The molecule has 0 heteroatoms. The van der Waals surface area contributed by atoms with Crippen molar-refractivity contribution in [1.82, 2.24) is 0 Å². The van der Waals surface area contributed by atoms with E-state index in [2.05, 4.69) is 39.0 Å². The van der Waals surface area contributed by atoms with Gasteiger partial charge in [-0.3, -0.25) is 0 Å². The summed E-state index contributed by atoms with van der Waals surface area (Å²) >= 11 is 0. The van der Waals surface area contributed by atoms with Gasteiger partial charge in [0.05, 0.1) is 0 Å². The van der Waals surface area contributed by atoms with Gasteiger partial charge >= 0.3 is 0 Å². The zero-order valence-electron chi connectivity index (χ0n) is 10.8. The van der Waals surface area contributed by atoms with Crippen molar-refractivity contribution in [3.63, 3.8) is 0 Å². The van der Waals surface area contributed by atoms with Crippen molar-refractivity contribution in [1.29, 1.82) is 0 Å². The molecule has 15 heavy (non-hydrogen) atoms. The third-order valence-electron chi connectivity index (χ3n) is 3.51. The molecule has 0 bridgehead atoms. The van der Waals surface area contributed by atoms with E-state index in [-0.39, 0.29) is 0 Å². The van der Waals surface area contributed by atoms with Crippen molar-refractivity contribution in [3.8, 4) is 0 Å². The molecule has 0 spiro atoms. The highest BCUT2D eigenvalue weighted by atomic mass is 14.3. The monoisotopic (exact) mass is 204 g/mol. The van der Waals surface area contributed by atoms with Crippen LogP contribution in [0.3, 0.4) is 0 Å². The lowest BCUT2D eigenvalue weighted by Crippen LogP contribution is -2.15. The Balaban J connectivity index is 0.000000531. The van der Waals surface area contributed by atoms with Crippen molar-refractivity contribution in [2.45, 2.75) is 53.4 Å². The summed E-state index contributed by atoms with van der Waals surface area (Å²) < 4.78 is 0. The molecule has 0 aliphatic heterocycles. The average molecular weight is 204 g/mol. The van der Waals surface area contributed by atoms with E-state index in [0.717, 1.165) is 11.8 Å². The normalized spacial score (nSPS) is 23.8. The molecule has 2 atom stereocenters. The molecule has 0 saturated heterocycles. The fraction of sp³-hybridized carbons (Fsp3) is 0.600. The number of hydrogen-bond donors (Lipinski definition) is 0. The van der Waals surface area contributed by atoms with Gasteiger partial charge in [-0.25, -0.2) is 0 Å². The van der Waals surface area contributed by atoms with Crippen molar-refractivity contribution in [2.75, 3.05) is 0 Å². The SMILES string of the molecule is CC.Cc1ccc2c(c1)C(C)C(C)CC2. The fourth-order valence-electron chi connectivity index (χ4n) is 2.31. The molecule has 0 radical (unpaired) electrons. The number of hydrogen-bond acceptors (Lipinski definition) is 0. The highest BCUT2D eigenvalue weighted by Crippen LogP contribution is 2.35. The van der Waals surface area contributed by atoms with Gasteiger partial charge in [0.25, 0.3) is 0 Å². The third-order valence-corrected chi connectivity index (χ3v) is 3.51. The van der Waals surface area contributed by atoms with Crippen molar-refractivity contribution < 1.29 is 0 Å².